The second kappa shape index (κ2) is 3.50. The molecule has 3 nitrogen and oxygen atoms in total. The van der Waals surface area contributed by atoms with E-state index in [0.717, 1.165) is 24.8 Å². The zero-order valence-electron chi connectivity index (χ0n) is 8.38. The summed E-state index contributed by atoms with van der Waals surface area (Å²) in [6, 6.07) is 2.94. The van der Waals surface area contributed by atoms with Gasteiger partial charge in [-0.2, -0.15) is 5.10 Å². The monoisotopic (exact) mass is 179 g/mol. The first-order valence-corrected chi connectivity index (χ1v) is 5.06. The normalized spacial score (nSPS) is 16.5. The fourth-order valence-electron chi connectivity index (χ4n) is 1.55. The molecule has 0 aromatic carbocycles. The number of aromatic nitrogens is 2. The molecule has 0 radical (unpaired) electrons. The highest BCUT2D eigenvalue weighted by atomic mass is 15.3. The lowest BCUT2D eigenvalue weighted by Gasteiger charge is -2.04. The maximum atomic E-state index is 4.40. The predicted molar refractivity (Wildman–Crippen MR) is 52.5 cm³/mol. The fourth-order valence-corrected chi connectivity index (χ4v) is 1.55. The van der Waals surface area contributed by atoms with Crippen LogP contribution in [0.1, 0.15) is 31.2 Å². The molecule has 1 saturated carbocycles. The highest BCUT2D eigenvalue weighted by Crippen LogP contribution is 2.19. The molecule has 0 saturated heterocycles. The Hall–Kier alpha value is -0.830. The average Bonchev–Trinajstić information content (AvgIpc) is 2.87. The third-order valence-corrected chi connectivity index (χ3v) is 2.43. The molecule has 1 aliphatic rings. The minimum Gasteiger partial charge on any atom is -0.308 e. The molecule has 1 heterocycles. The van der Waals surface area contributed by atoms with Crippen molar-refractivity contribution in [2.24, 2.45) is 0 Å². The minimum atomic E-state index is 0.778. The highest BCUT2D eigenvalue weighted by Gasteiger charge is 2.20. The van der Waals surface area contributed by atoms with Crippen LogP contribution < -0.4 is 5.32 Å². The molecule has 0 unspecified atom stereocenters. The second-order valence-electron chi connectivity index (χ2n) is 3.75. The van der Waals surface area contributed by atoms with E-state index in [0.29, 0.717) is 0 Å². The summed E-state index contributed by atoms with van der Waals surface area (Å²) in [5, 5.41) is 7.90. The number of aryl methyl sites for hydroxylation is 2. The standard InChI is InChI=1S/C10H17N3/c1-3-13-10(6-8(2)12-13)7-11-9-4-5-9/h6,9,11H,3-5,7H2,1-2H3. The van der Waals surface area contributed by atoms with Crippen LogP contribution in [0.25, 0.3) is 0 Å². The first-order valence-electron chi connectivity index (χ1n) is 5.06. The molecule has 72 valence electrons. The summed E-state index contributed by atoms with van der Waals surface area (Å²) >= 11 is 0. The Labute approximate surface area is 79.1 Å². The van der Waals surface area contributed by atoms with E-state index >= 15 is 0 Å². The molecule has 13 heavy (non-hydrogen) atoms. The molecule has 1 aromatic rings. The van der Waals surface area contributed by atoms with Gasteiger partial charge in [-0.15, -0.1) is 0 Å². The van der Waals surface area contributed by atoms with Gasteiger partial charge >= 0.3 is 0 Å². The number of hydrogen-bond acceptors (Lipinski definition) is 2. The van der Waals surface area contributed by atoms with Crippen LogP contribution in [-0.2, 0) is 13.1 Å². The predicted octanol–water partition coefficient (Wildman–Crippen LogP) is 1.46. The average molecular weight is 179 g/mol. The number of nitrogens with one attached hydrogen (secondary N) is 1. The van der Waals surface area contributed by atoms with Gasteiger partial charge in [0, 0.05) is 19.1 Å². The molecule has 1 N–H and O–H groups in total. The van der Waals surface area contributed by atoms with Gasteiger partial charge in [-0.3, -0.25) is 4.68 Å². The van der Waals surface area contributed by atoms with Gasteiger partial charge in [0.2, 0.25) is 0 Å². The number of nitrogens with zero attached hydrogens (tertiary/aromatic N) is 2. The van der Waals surface area contributed by atoms with Crippen LogP contribution in [0, 0.1) is 6.92 Å². The lowest BCUT2D eigenvalue weighted by molar-refractivity contribution is 0.578. The smallest absolute Gasteiger partial charge is 0.0597 e. The van der Waals surface area contributed by atoms with Gasteiger partial charge in [0.15, 0.2) is 0 Å². The van der Waals surface area contributed by atoms with Crippen molar-refractivity contribution in [3.8, 4) is 0 Å². The van der Waals surface area contributed by atoms with Gasteiger partial charge < -0.3 is 5.32 Å². The maximum Gasteiger partial charge on any atom is 0.0597 e. The van der Waals surface area contributed by atoms with E-state index in [1.807, 2.05) is 6.92 Å². The van der Waals surface area contributed by atoms with Gasteiger partial charge in [-0.05, 0) is 32.8 Å². The zero-order valence-corrected chi connectivity index (χ0v) is 8.38. The van der Waals surface area contributed by atoms with Crippen LogP contribution in [-0.4, -0.2) is 15.8 Å². The van der Waals surface area contributed by atoms with E-state index in [9.17, 15) is 0 Å². The van der Waals surface area contributed by atoms with Crippen molar-refractivity contribution in [3.63, 3.8) is 0 Å². The topological polar surface area (TPSA) is 29.9 Å². The summed E-state index contributed by atoms with van der Waals surface area (Å²) in [5.41, 5.74) is 2.43. The van der Waals surface area contributed by atoms with Crippen LogP contribution in [0.2, 0.25) is 0 Å². The molecule has 2 rings (SSSR count). The summed E-state index contributed by atoms with van der Waals surface area (Å²) in [6.07, 6.45) is 2.69. The van der Waals surface area contributed by atoms with Gasteiger partial charge in [-0.1, -0.05) is 0 Å². The van der Waals surface area contributed by atoms with Gasteiger partial charge in [-0.25, -0.2) is 0 Å². The largest absolute Gasteiger partial charge is 0.308 e. The molecule has 0 bridgehead atoms. The Balaban J connectivity index is 1.99. The molecule has 1 fully saturated rings. The first kappa shape index (κ1) is 8.75. The Morgan fingerprint density at radius 1 is 1.62 bits per heavy atom. The summed E-state index contributed by atoms with van der Waals surface area (Å²) in [7, 11) is 0. The number of hydrogen-bond donors (Lipinski definition) is 1. The summed E-state index contributed by atoms with van der Waals surface area (Å²) in [6.45, 7) is 6.12. The lowest BCUT2D eigenvalue weighted by Crippen LogP contribution is -2.18. The van der Waals surface area contributed by atoms with Crippen molar-refractivity contribution in [3.05, 3.63) is 17.5 Å². The minimum absolute atomic E-state index is 0.778. The molecule has 1 aromatic heterocycles. The quantitative estimate of drug-likeness (QED) is 0.758. The molecular weight excluding hydrogens is 162 g/mol. The molecule has 0 atom stereocenters. The fraction of sp³-hybridized carbons (Fsp3) is 0.700. The van der Waals surface area contributed by atoms with E-state index in [1.165, 1.54) is 18.5 Å². The van der Waals surface area contributed by atoms with E-state index < -0.39 is 0 Å². The van der Waals surface area contributed by atoms with Crippen molar-refractivity contribution < 1.29 is 0 Å². The SMILES string of the molecule is CCn1nc(C)cc1CNC1CC1. The van der Waals surface area contributed by atoms with Gasteiger partial charge in [0.05, 0.1) is 11.4 Å². The van der Waals surface area contributed by atoms with Crippen molar-refractivity contribution in [2.75, 3.05) is 0 Å². The Kier molecular flexibility index (Phi) is 2.36. The Morgan fingerprint density at radius 2 is 2.38 bits per heavy atom. The van der Waals surface area contributed by atoms with Crippen molar-refractivity contribution in [1.82, 2.24) is 15.1 Å². The van der Waals surface area contributed by atoms with Gasteiger partial charge in [0.25, 0.3) is 0 Å². The first-order chi connectivity index (χ1) is 6.29. The molecule has 0 spiro atoms. The molecular formula is C10H17N3. The Morgan fingerprint density at radius 3 is 3.00 bits per heavy atom. The third-order valence-electron chi connectivity index (χ3n) is 2.43. The van der Waals surface area contributed by atoms with Crippen molar-refractivity contribution >= 4 is 0 Å². The highest BCUT2D eigenvalue weighted by molar-refractivity contribution is 5.09. The summed E-state index contributed by atoms with van der Waals surface area (Å²) in [5.74, 6) is 0. The van der Waals surface area contributed by atoms with E-state index in [2.05, 4.69) is 28.1 Å². The van der Waals surface area contributed by atoms with Crippen LogP contribution in [0.15, 0.2) is 6.07 Å². The third kappa shape index (κ3) is 2.10. The van der Waals surface area contributed by atoms with Crippen LogP contribution in [0.3, 0.4) is 0 Å². The van der Waals surface area contributed by atoms with Crippen LogP contribution in [0.4, 0.5) is 0 Å². The van der Waals surface area contributed by atoms with Crippen LogP contribution in [0.5, 0.6) is 0 Å². The zero-order chi connectivity index (χ0) is 9.26. The summed E-state index contributed by atoms with van der Waals surface area (Å²) in [4.78, 5) is 0. The molecule has 3 heteroatoms. The molecule has 0 amide bonds. The van der Waals surface area contributed by atoms with E-state index in [1.54, 1.807) is 0 Å². The summed E-state index contributed by atoms with van der Waals surface area (Å²) < 4.78 is 2.07. The van der Waals surface area contributed by atoms with Gasteiger partial charge in [0.1, 0.15) is 0 Å². The van der Waals surface area contributed by atoms with Crippen LogP contribution >= 0.6 is 0 Å². The lowest BCUT2D eigenvalue weighted by atomic mass is 10.3. The van der Waals surface area contributed by atoms with Crippen molar-refractivity contribution in [2.45, 2.75) is 45.8 Å². The molecule has 1 aliphatic carbocycles. The number of rotatable bonds is 4. The molecule has 0 aliphatic heterocycles. The second-order valence-corrected chi connectivity index (χ2v) is 3.75. The Bertz CT molecular complexity index is 286. The maximum absolute atomic E-state index is 4.40. The van der Waals surface area contributed by atoms with E-state index in [4.69, 9.17) is 0 Å². The van der Waals surface area contributed by atoms with E-state index in [-0.39, 0.29) is 0 Å². The van der Waals surface area contributed by atoms with Crippen molar-refractivity contribution in [1.29, 1.82) is 0 Å².